The number of alkyl halides is 2. The average Bonchev–Trinajstić information content (AvgIpc) is 3.41. The normalized spacial score (nSPS) is 11.9. The molecule has 0 saturated heterocycles. The highest BCUT2D eigenvalue weighted by Crippen LogP contribution is 2.37. The molecule has 1 N–H and O–H groups in total. The van der Waals surface area contributed by atoms with Gasteiger partial charge in [0, 0.05) is 36.2 Å². The number of hydrogen-bond donors (Lipinski definition) is 1. The molecule has 3 aromatic heterocycles. The molecule has 9 nitrogen and oxygen atoms in total. The van der Waals surface area contributed by atoms with E-state index in [0.29, 0.717) is 29.2 Å². The predicted molar refractivity (Wildman–Crippen MR) is 142 cm³/mol. The van der Waals surface area contributed by atoms with Gasteiger partial charge in [0.05, 0.1) is 23.8 Å². The van der Waals surface area contributed by atoms with E-state index in [9.17, 15) is 13.6 Å². The van der Waals surface area contributed by atoms with Crippen LogP contribution in [0.15, 0.2) is 49.1 Å². The third kappa shape index (κ3) is 6.25. The molecular formula is C23H25F2IN6O3Si. The van der Waals surface area contributed by atoms with E-state index < -0.39 is 20.6 Å². The molecule has 0 spiro atoms. The first-order valence-corrected chi connectivity index (χ1v) is 15.9. The number of ether oxygens (including phenoxy) is 2. The number of fused-ring (bicyclic) bond motifs is 1. The lowest BCUT2D eigenvalue weighted by molar-refractivity contribution is -0.0495. The minimum atomic E-state index is -3.02. The van der Waals surface area contributed by atoms with Gasteiger partial charge in [-0.2, -0.15) is 19.0 Å². The summed E-state index contributed by atoms with van der Waals surface area (Å²) in [7, 11) is -1.31. The minimum Gasteiger partial charge on any atom is -0.434 e. The van der Waals surface area contributed by atoms with Crippen LogP contribution in [-0.2, 0) is 11.5 Å². The van der Waals surface area contributed by atoms with Gasteiger partial charge < -0.3 is 14.8 Å². The molecule has 13 heteroatoms. The number of aromatic nitrogens is 5. The number of benzene rings is 1. The Kier molecular flexibility index (Phi) is 7.99. The molecule has 36 heavy (non-hydrogen) atoms. The summed E-state index contributed by atoms with van der Waals surface area (Å²) in [5, 5.41) is 11.4. The van der Waals surface area contributed by atoms with E-state index in [2.05, 4.69) is 62.7 Å². The largest absolute Gasteiger partial charge is 0.434 e. The summed E-state index contributed by atoms with van der Waals surface area (Å²) >= 11 is 2.08. The van der Waals surface area contributed by atoms with Crippen molar-refractivity contribution in [1.29, 1.82) is 0 Å². The summed E-state index contributed by atoms with van der Waals surface area (Å²) in [6.07, 6.45) is 6.12. The highest BCUT2D eigenvalue weighted by molar-refractivity contribution is 14.1. The Labute approximate surface area is 221 Å². The molecule has 0 radical (unpaired) electrons. The SMILES string of the molecule is C[Si](C)(C)CCOCn1ncc(NC(=O)c2cnn3cccnc23)c1-c1cc(I)ccc1OC(F)F. The van der Waals surface area contributed by atoms with Gasteiger partial charge in [0.25, 0.3) is 5.91 Å². The monoisotopic (exact) mass is 626 g/mol. The Morgan fingerprint density at radius 3 is 2.78 bits per heavy atom. The van der Waals surface area contributed by atoms with Crippen LogP contribution in [0.25, 0.3) is 16.9 Å². The van der Waals surface area contributed by atoms with Gasteiger partial charge in [0.1, 0.15) is 18.0 Å². The number of carbonyl (C=O) groups excluding carboxylic acids is 1. The summed E-state index contributed by atoms with van der Waals surface area (Å²) in [6, 6.07) is 7.48. The van der Waals surface area contributed by atoms with Gasteiger partial charge >= 0.3 is 6.61 Å². The van der Waals surface area contributed by atoms with E-state index >= 15 is 0 Å². The highest BCUT2D eigenvalue weighted by Gasteiger charge is 2.23. The number of anilines is 1. The second-order valence-electron chi connectivity index (χ2n) is 9.17. The molecule has 0 unspecified atom stereocenters. The van der Waals surface area contributed by atoms with Gasteiger partial charge in [-0.3, -0.25) is 4.79 Å². The number of carbonyl (C=O) groups is 1. The quantitative estimate of drug-likeness (QED) is 0.145. The number of halogens is 3. The van der Waals surface area contributed by atoms with E-state index in [1.54, 1.807) is 30.6 Å². The van der Waals surface area contributed by atoms with Crippen molar-refractivity contribution in [3.8, 4) is 17.0 Å². The van der Waals surface area contributed by atoms with Crippen LogP contribution in [0.5, 0.6) is 5.75 Å². The van der Waals surface area contributed by atoms with E-state index in [1.165, 1.54) is 27.7 Å². The molecule has 0 aliphatic heterocycles. The lowest BCUT2D eigenvalue weighted by atomic mass is 10.1. The van der Waals surface area contributed by atoms with Crippen LogP contribution >= 0.6 is 22.6 Å². The zero-order valence-electron chi connectivity index (χ0n) is 19.9. The molecule has 4 rings (SSSR count). The van der Waals surface area contributed by atoms with Gasteiger partial charge in [-0.25, -0.2) is 14.2 Å². The van der Waals surface area contributed by atoms with E-state index in [1.807, 2.05) is 0 Å². The smallest absolute Gasteiger partial charge is 0.387 e. The third-order valence-electron chi connectivity index (χ3n) is 5.23. The first-order valence-electron chi connectivity index (χ1n) is 11.1. The van der Waals surface area contributed by atoms with Crippen LogP contribution in [0.2, 0.25) is 25.7 Å². The molecule has 0 aliphatic carbocycles. The Bertz CT molecular complexity index is 1370. The molecule has 190 valence electrons. The minimum absolute atomic E-state index is 0.0394. The fourth-order valence-corrected chi connectivity index (χ4v) is 4.70. The fraction of sp³-hybridized carbons (Fsp3) is 0.304. The van der Waals surface area contributed by atoms with Gasteiger partial charge in [0.15, 0.2) is 5.65 Å². The van der Waals surface area contributed by atoms with Crippen molar-refractivity contribution in [3.63, 3.8) is 0 Å². The number of nitrogens with one attached hydrogen (secondary N) is 1. The third-order valence-corrected chi connectivity index (χ3v) is 7.61. The molecule has 0 atom stereocenters. The van der Waals surface area contributed by atoms with Crippen LogP contribution in [0, 0.1) is 3.57 Å². The van der Waals surface area contributed by atoms with Crippen molar-refractivity contribution in [3.05, 3.63) is 58.2 Å². The maximum absolute atomic E-state index is 13.2. The van der Waals surface area contributed by atoms with Crippen molar-refractivity contribution in [2.45, 2.75) is 39.0 Å². The zero-order chi connectivity index (χ0) is 25.9. The topological polar surface area (TPSA) is 95.6 Å². The summed E-state index contributed by atoms with van der Waals surface area (Å²) in [6.45, 7) is 4.34. The lowest BCUT2D eigenvalue weighted by Crippen LogP contribution is -2.22. The highest BCUT2D eigenvalue weighted by atomic mass is 127. The Hall–Kier alpha value is -2.91. The molecule has 0 bridgehead atoms. The zero-order valence-corrected chi connectivity index (χ0v) is 23.1. The first-order chi connectivity index (χ1) is 17.1. The molecular weight excluding hydrogens is 601 g/mol. The Morgan fingerprint density at radius 2 is 2.03 bits per heavy atom. The summed E-state index contributed by atoms with van der Waals surface area (Å²) in [4.78, 5) is 17.4. The number of rotatable bonds is 10. The fourth-order valence-electron chi connectivity index (χ4n) is 3.45. The maximum atomic E-state index is 13.2. The molecule has 1 amide bonds. The van der Waals surface area contributed by atoms with E-state index in [4.69, 9.17) is 9.47 Å². The average molecular weight is 626 g/mol. The first kappa shape index (κ1) is 26.2. The maximum Gasteiger partial charge on any atom is 0.387 e. The van der Waals surface area contributed by atoms with Crippen molar-refractivity contribution < 1.29 is 23.0 Å². The number of hydrogen-bond acceptors (Lipinski definition) is 6. The van der Waals surface area contributed by atoms with Crippen LogP contribution in [-0.4, -0.2) is 51.6 Å². The van der Waals surface area contributed by atoms with Gasteiger partial charge in [-0.1, -0.05) is 19.6 Å². The van der Waals surface area contributed by atoms with Crippen molar-refractivity contribution >= 4 is 47.9 Å². The van der Waals surface area contributed by atoms with Crippen molar-refractivity contribution in [1.82, 2.24) is 24.4 Å². The van der Waals surface area contributed by atoms with Gasteiger partial charge in [-0.05, 0) is 52.9 Å². The molecule has 0 fully saturated rings. The lowest BCUT2D eigenvalue weighted by Gasteiger charge is -2.17. The van der Waals surface area contributed by atoms with Crippen LogP contribution in [0.1, 0.15) is 10.4 Å². The van der Waals surface area contributed by atoms with E-state index in [0.717, 1.165) is 9.61 Å². The second-order valence-corrected chi connectivity index (χ2v) is 16.0. The van der Waals surface area contributed by atoms with Crippen LogP contribution < -0.4 is 10.1 Å². The van der Waals surface area contributed by atoms with Crippen LogP contribution in [0.3, 0.4) is 0 Å². The predicted octanol–water partition coefficient (Wildman–Crippen LogP) is 5.36. The van der Waals surface area contributed by atoms with Gasteiger partial charge in [0.2, 0.25) is 0 Å². The summed E-state index contributed by atoms with van der Waals surface area (Å²) in [5.74, 6) is -0.506. The van der Waals surface area contributed by atoms with Crippen molar-refractivity contribution in [2.24, 2.45) is 0 Å². The molecule has 3 heterocycles. The number of nitrogens with zero attached hydrogens (tertiary/aromatic N) is 5. The number of amides is 1. The van der Waals surface area contributed by atoms with E-state index in [-0.39, 0.29) is 18.0 Å². The summed E-state index contributed by atoms with van der Waals surface area (Å²) < 4.78 is 40.8. The van der Waals surface area contributed by atoms with Crippen molar-refractivity contribution in [2.75, 3.05) is 11.9 Å². The van der Waals surface area contributed by atoms with Gasteiger partial charge in [-0.15, -0.1) is 0 Å². The van der Waals surface area contributed by atoms with Crippen LogP contribution in [0.4, 0.5) is 14.5 Å². The molecule has 4 aromatic rings. The molecule has 0 aliphatic rings. The Morgan fingerprint density at radius 1 is 1.22 bits per heavy atom. The molecule has 0 saturated carbocycles. The Balaban J connectivity index is 1.70. The standard InChI is InChI=1S/C23H25F2IN6O3Si/c1-36(2,3)10-9-34-14-32-20(16-11-15(26)5-6-19(16)35-23(24)25)18(13-29-32)30-22(33)17-12-28-31-8-4-7-27-21(17)31/h4-8,11-13,23H,9-10,14H2,1-3H3,(H,30,33). The molecule has 1 aromatic carbocycles. The summed E-state index contributed by atoms with van der Waals surface area (Å²) in [5.41, 5.74) is 1.68. The second kappa shape index (κ2) is 11.0.